The highest BCUT2D eigenvalue weighted by Crippen LogP contribution is 2.38. The molecule has 2 aromatic heterocycles. The summed E-state index contributed by atoms with van der Waals surface area (Å²) < 4.78 is 91.5. The summed E-state index contributed by atoms with van der Waals surface area (Å²) in [6.07, 6.45) is 1.01. The number of alkyl halides is 2. The Balaban J connectivity index is 1.65. The van der Waals surface area contributed by atoms with Crippen molar-refractivity contribution < 1.29 is 46.1 Å². The Bertz CT molecular complexity index is 2020. The maximum atomic E-state index is 15.9. The number of carbonyl (C=O) groups excluding carboxylic acids is 1. The Morgan fingerprint density at radius 3 is 2.40 bits per heavy atom. The minimum Gasteiger partial charge on any atom is -0.494 e. The monoisotopic (exact) mass is 678 g/mol. The van der Waals surface area contributed by atoms with Crippen LogP contribution in [0.25, 0.3) is 22.2 Å². The normalized spacial score (nSPS) is 13.2. The van der Waals surface area contributed by atoms with Crippen LogP contribution in [0.15, 0.2) is 60.8 Å². The fourth-order valence-electron chi connectivity index (χ4n) is 4.97. The minimum absolute atomic E-state index is 0.00732. The molecule has 0 saturated carbocycles. The number of hydrogen-bond donors (Lipinski definition) is 3. The second kappa shape index (κ2) is 12.5. The zero-order valence-corrected chi connectivity index (χ0v) is 25.5. The number of amides is 1. The summed E-state index contributed by atoms with van der Waals surface area (Å²) in [5.74, 6) is -5.29. The fourth-order valence-corrected chi connectivity index (χ4v) is 5.14. The highest BCUT2D eigenvalue weighted by Gasteiger charge is 2.38. The van der Waals surface area contributed by atoms with Crippen molar-refractivity contribution in [1.29, 1.82) is 0 Å². The Kier molecular flexibility index (Phi) is 8.97. The zero-order chi connectivity index (χ0) is 34.4. The lowest BCUT2D eigenvalue weighted by Crippen LogP contribution is -2.43. The first-order chi connectivity index (χ1) is 22.0. The maximum absolute atomic E-state index is 15.9. The standard InChI is InChI=1S/C32H25ClF6N4O4/c1-31(2,45)20-11-25(41-28(26(20)37)19-10-21(33)23(36)12-22(19)35)32(46,17-5-4-6-18(34)9-17)14-40-29(44)15-7-16-13-43(30(38)39)42-27(16)24(8-15)47-3/h4-13,30,45-46H,14H2,1-3H3,(H,40,44)/t32-/m1/s1. The van der Waals surface area contributed by atoms with Gasteiger partial charge in [0, 0.05) is 34.3 Å². The molecule has 0 aliphatic carbocycles. The lowest BCUT2D eigenvalue weighted by Gasteiger charge is -2.31. The second-order valence-corrected chi connectivity index (χ2v) is 11.5. The van der Waals surface area contributed by atoms with E-state index in [0.717, 1.165) is 30.5 Å². The van der Waals surface area contributed by atoms with Crippen molar-refractivity contribution in [3.63, 3.8) is 0 Å². The molecule has 0 saturated heterocycles. The summed E-state index contributed by atoms with van der Waals surface area (Å²) in [5, 5.41) is 28.8. The number of benzene rings is 3. The highest BCUT2D eigenvalue weighted by atomic mass is 35.5. The first kappa shape index (κ1) is 33.7. The topological polar surface area (TPSA) is 110 Å². The summed E-state index contributed by atoms with van der Waals surface area (Å²) >= 11 is 5.85. The second-order valence-electron chi connectivity index (χ2n) is 11.1. The van der Waals surface area contributed by atoms with Crippen molar-refractivity contribution in [2.75, 3.05) is 13.7 Å². The number of hydrogen-bond acceptors (Lipinski definition) is 6. The third-order valence-corrected chi connectivity index (χ3v) is 7.68. The molecule has 2 heterocycles. The Morgan fingerprint density at radius 1 is 1.04 bits per heavy atom. The molecule has 5 aromatic rings. The van der Waals surface area contributed by atoms with Crippen LogP contribution in [0.1, 0.15) is 47.6 Å². The van der Waals surface area contributed by atoms with E-state index >= 15 is 4.39 Å². The average molecular weight is 679 g/mol. The van der Waals surface area contributed by atoms with Crippen LogP contribution < -0.4 is 10.1 Å². The van der Waals surface area contributed by atoms with Crippen LogP contribution in [-0.4, -0.2) is 44.5 Å². The predicted molar refractivity (Wildman–Crippen MR) is 159 cm³/mol. The molecule has 246 valence electrons. The molecule has 1 amide bonds. The van der Waals surface area contributed by atoms with Gasteiger partial charge in [-0.05, 0) is 55.8 Å². The van der Waals surface area contributed by atoms with Crippen LogP contribution in [0.2, 0.25) is 5.02 Å². The molecule has 3 N–H and O–H groups in total. The number of fused-ring (bicyclic) bond motifs is 1. The molecule has 5 rings (SSSR count). The van der Waals surface area contributed by atoms with Gasteiger partial charge in [-0.3, -0.25) is 4.79 Å². The van der Waals surface area contributed by atoms with E-state index in [1.54, 1.807) is 0 Å². The molecule has 0 aliphatic heterocycles. The summed E-state index contributed by atoms with van der Waals surface area (Å²) in [5.41, 5.74) is -7.01. The van der Waals surface area contributed by atoms with Crippen molar-refractivity contribution in [3.8, 4) is 17.0 Å². The Morgan fingerprint density at radius 2 is 1.77 bits per heavy atom. The number of carbonyl (C=O) groups is 1. The average Bonchev–Trinajstić information content (AvgIpc) is 3.45. The number of ether oxygens (including phenoxy) is 1. The van der Waals surface area contributed by atoms with Gasteiger partial charge in [-0.15, -0.1) is 0 Å². The van der Waals surface area contributed by atoms with Gasteiger partial charge in [-0.25, -0.2) is 27.2 Å². The van der Waals surface area contributed by atoms with E-state index < -0.39 is 81.0 Å². The Hall–Kier alpha value is -4.66. The summed E-state index contributed by atoms with van der Waals surface area (Å²) in [4.78, 5) is 17.5. The molecule has 0 aliphatic rings. The van der Waals surface area contributed by atoms with Crippen LogP contribution in [0.4, 0.5) is 26.3 Å². The molecule has 0 spiro atoms. The summed E-state index contributed by atoms with van der Waals surface area (Å²) in [6.45, 7) is -1.32. The van der Waals surface area contributed by atoms with Crippen molar-refractivity contribution >= 4 is 28.4 Å². The zero-order valence-electron chi connectivity index (χ0n) is 24.8. The van der Waals surface area contributed by atoms with Gasteiger partial charge in [0.15, 0.2) is 5.82 Å². The summed E-state index contributed by atoms with van der Waals surface area (Å²) in [7, 11) is 1.25. The van der Waals surface area contributed by atoms with Gasteiger partial charge in [0.1, 0.15) is 40.0 Å². The van der Waals surface area contributed by atoms with Crippen LogP contribution >= 0.6 is 11.6 Å². The molecule has 8 nitrogen and oxygen atoms in total. The van der Waals surface area contributed by atoms with E-state index in [4.69, 9.17) is 16.3 Å². The van der Waals surface area contributed by atoms with Gasteiger partial charge in [0.05, 0.1) is 30.0 Å². The molecule has 0 bridgehead atoms. The number of aliphatic hydroxyl groups is 2. The molecule has 0 fully saturated rings. The molecule has 15 heteroatoms. The van der Waals surface area contributed by atoms with Gasteiger partial charge < -0.3 is 20.3 Å². The maximum Gasteiger partial charge on any atom is 0.333 e. The number of pyridine rings is 1. The first-order valence-electron chi connectivity index (χ1n) is 13.7. The molecule has 47 heavy (non-hydrogen) atoms. The lowest BCUT2D eigenvalue weighted by molar-refractivity contribution is 0.0573. The minimum atomic E-state index is -2.97. The molecule has 1 atom stereocenters. The summed E-state index contributed by atoms with van der Waals surface area (Å²) in [6, 6.07) is 9.15. The largest absolute Gasteiger partial charge is 0.494 e. The predicted octanol–water partition coefficient (Wildman–Crippen LogP) is 6.61. The van der Waals surface area contributed by atoms with Gasteiger partial charge in [0.25, 0.3) is 5.91 Å². The van der Waals surface area contributed by atoms with Crippen molar-refractivity contribution in [3.05, 3.63) is 111 Å². The van der Waals surface area contributed by atoms with Gasteiger partial charge >= 0.3 is 6.55 Å². The quantitative estimate of drug-likeness (QED) is 0.120. The van der Waals surface area contributed by atoms with Crippen LogP contribution in [0.3, 0.4) is 0 Å². The van der Waals surface area contributed by atoms with Gasteiger partial charge in [0.2, 0.25) is 0 Å². The molecular weight excluding hydrogens is 654 g/mol. The number of rotatable bonds is 9. The van der Waals surface area contributed by atoms with E-state index in [1.807, 2.05) is 0 Å². The smallest absolute Gasteiger partial charge is 0.333 e. The van der Waals surface area contributed by atoms with E-state index in [-0.39, 0.29) is 27.8 Å². The SMILES string of the molecule is COc1cc(C(=O)NC[C@@](O)(c2cccc(F)c2)c2cc(C(C)(C)O)c(F)c(-c3cc(Cl)c(F)cc3F)n2)cc2cn(C(F)F)nc12. The molecule has 0 unspecified atom stereocenters. The number of nitrogens with one attached hydrogen (secondary N) is 1. The number of methoxy groups -OCH3 is 1. The van der Waals surface area contributed by atoms with Crippen molar-refractivity contribution in [1.82, 2.24) is 20.1 Å². The number of halogens is 7. The van der Waals surface area contributed by atoms with Crippen molar-refractivity contribution in [2.45, 2.75) is 31.6 Å². The van der Waals surface area contributed by atoms with E-state index in [2.05, 4.69) is 15.4 Å². The Labute approximate surface area is 268 Å². The molecule has 3 aromatic carbocycles. The first-order valence-corrected chi connectivity index (χ1v) is 14.1. The number of aromatic nitrogens is 3. The van der Waals surface area contributed by atoms with Crippen LogP contribution in [-0.2, 0) is 11.2 Å². The molecule has 0 radical (unpaired) electrons. The van der Waals surface area contributed by atoms with E-state index in [9.17, 15) is 37.0 Å². The third-order valence-electron chi connectivity index (χ3n) is 7.39. The van der Waals surface area contributed by atoms with Crippen LogP contribution in [0, 0.1) is 23.3 Å². The van der Waals surface area contributed by atoms with Crippen LogP contribution in [0.5, 0.6) is 5.75 Å². The highest BCUT2D eigenvalue weighted by molar-refractivity contribution is 6.31. The molecular formula is C32H25ClF6N4O4. The van der Waals surface area contributed by atoms with E-state index in [0.29, 0.717) is 10.7 Å². The number of nitrogens with zero attached hydrogens (tertiary/aromatic N) is 3. The lowest BCUT2D eigenvalue weighted by atomic mass is 9.86. The van der Waals surface area contributed by atoms with Crippen molar-refractivity contribution in [2.24, 2.45) is 0 Å². The van der Waals surface area contributed by atoms with Gasteiger partial charge in [-0.2, -0.15) is 13.9 Å². The van der Waals surface area contributed by atoms with E-state index in [1.165, 1.54) is 45.2 Å². The third kappa shape index (κ3) is 6.48. The van der Waals surface area contributed by atoms with Gasteiger partial charge in [-0.1, -0.05) is 23.7 Å². The fraction of sp³-hybridized carbons (Fsp3) is 0.219.